The van der Waals surface area contributed by atoms with E-state index in [1.807, 2.05) is 5.01 Å². The summed E-state index contributed by atoms with van der Waals surface area (Å²) in [5.74, 6) is -2.75. The summed E-state index contributed by atoms with van der Waals surface area (Å²) >= 11 is 0. The number of carbonyl (C=O) groups is 3. The monoisotopic (exact) mass is 613 g/mol. The van der Waals surface area contributed by atoms with Gasteiger partial charge in [-0.05, 0) is 19.3 Å². The van der Waals surface area contributed by atoms with Crippen LogP contribution in [0.25, 0.3) is 0 Å². The van der Waals surface area contributed by atoms with Gasteiger partial charge in [0.2, 0.25) is 17.7 Å². The second-order valence-corrected chi connectivity index (χ2v) is 12.4. The lowest BCUT2D eigenvalue weighted by atomic mass is 9.99. The van der Waals surface area contributed by atoms with Crippen LogP contribution in [0.5, 0.6) is 0 Å². The summed E-state index contributed by atoms with van der Waals surface area (Å²) in [5, 5.41) is 9.08. The van der Waals surface area contributed by atoms with Crippen molar-refractivity contribution < 1.29 is 45.1 Å². The molecule has 7 N–H and O–H groups in total. The molecular weight excluding hydrogens is 574 g/mol. The maximum absolute atomic E-state index is 12.4. The Kier molecular flexibility index (Phi) is 13.5. The molecule has 2 aliphatic rings. The maximum atomic E-state index is 12.4. The lowest BCUT2D eigenvalue weighted by molar-refractivity contribution is -0.127. The number of likely N-dealkylation sites (N-methyl/N-ethyl adjacent to an activating group) is 1. The van der Waals surface area contributed by atoms with Crippen molar-refractivity contribution in [3.05, 3.63) is 11.4 Å². The van der Waals surface area contributed by atoms with Crippen LogP contribution in [0, 0.1) is 0 Å². The van der Waals surface area contributed by atoms with E-state index in [1.165, 1.54) is 11.9 Å². The molecule has 0 fully saturated rings. The third kappa shape index (κ3) is 13.2. The molecule has 17 nitrogen and oxygen atoms in total. The number of hydrazine groups is 2. The zero-order valence-corrected chi connectivity index (χ0v) is 24.0. The van der Waals surface area contributed by atoms with Gasteiger partial charge in [0, 0.05) is 33.2 Å². The zero-order chi connectivity index (χ0) is 29.8. The van der Waals surface area contributed by atoms with E-state index in [1.54, 1.807) is 0 Å². The van der Waals surface area contributed by atoms with E-state index in [0.29, 0.717) is 6.54 Å². The number of carbonyl (C=O) groups excluding carboxylic acids is 3. The summed E-state index contributed by atoms with van der Waals surface area (Å²) in [6.07, 6.45) is 3.95. The van der Waals surface area contributed by atoms with Gasteiger partial charge in [0.25, 0.3) is 20.2 Å². The molecule has 230 valence electrons. The van der Waals surface area contributed by atoms with Crippen LogP contribution in [0.3, 0.4) is 0 Å². The minimum absolute atomic E-state index is 0.0905. The highest BCUT2D eigenvalue weighted by Gasteiger charge is 2.30. The molecule has 0 bridgehead atoms. The molecule has 0 aromatic carbocycles. The molecule has 3 amide bonds. The molecule has 19 heteroatoms. The largest absolute Gasteiger partial charge is 0.362 e. The molecular formula is C21H39N7O10S2. The normalized spacial score (nSPS) is 18.0. The van der Waals surface area contributed by atoms with Gasteiger partial charge < -0.3 is 26.1 Å². The average Bonchev–Trinajstić information content (AvgIpc) is 3.22. The Balaban J connectivity index is 2.05. The highest BCUT2D eigenvalue weighted by molar-refractivity contribution is 7.86. The molecule has 0 saturated heterocycles. The van der Waals surface area contributed by atoms with Crippen molar-refractivity contribution in [2.24, 2.45) is 0 Å². The van der Waals surface area contributed by atoms with Crippen molar-refractivity contribution in [3.8, 4) is 0 Å². The first-order valence-electron chi connectivity index (χ1n) is 12.8. The summed E-state index contributed by atoms with van der Waals surface area (Å²) in [4.78, 5) is 38.0. The first-order chi connectivity index (χ1) is 18.8. The highest BCUT2D eigenvalue weighted by atomic mass is 32.2. The summed E-state index contributed by atoms with van der Waals surface area (Å²) in [6, 6.07) is 0. The smallest absolute Gasteiger partial charge is 0.266 e. The van der Waals surface area contributed by atoms with Crippen molar-refractivity contribution in [2.75, 3.05) is 64.4 Å². The summed E-state index contributed by atoms with van der Waals surface area (Å²) < 4.78 is 67.2. The second-order valence-electron chi connectivity index (χ2n) is 9.30. The lowest BCUT2D eigenvalue weighted by Gasteiger charge is -2.27. The van der Waals surface area contributed by atoms with Gasteiger partial charge in [-0.1, -0.05) is 12.8 Å². The zero-order valence-electron chi connectivity index (χ0n) is 22.3. The minimum Gasteiger partial charge on any atom is -0.362 e. The van der Waals surface area contributed by atoms with Crippen molar-refractivity contribution in [1.29, 1.82) is 0 Å². The Morgan fingerprint density at radius 3 is 2.12 bits per heavy atom. The molecule has 1 unspecified atom stereocenters. The SMILES string of the molecule is CNC(=O)COC1CCCCCC2=C1NNN2CCN(CC(=O)NCCS(=O)(=O)O)CC(=O)NCCS(=O)(=O)O. The van der Waals surface area contributed by atoms with Gasteiger partial charge in [0.15, 0.2) is 0 Å². The van der Waals surface area contributed by atoms with E-state index in [4.69, 9.17) is 13.8 Å². The number of allylic oxidation sites excluding steroid dienone is 1. The van der Waals surface area contributed by atoms with Crippen LogP contribution >= 0.6 is 0 Å². The number of nitrogens with one attached hydrogen (secondary N) is 5. The fourth-order valence-corrected chi connectivity index (χ4v) is 4.83. The number of hydrogen-bond donors (Lipinski definition) is 7. The third-order valence-electron chi connectivity index (χ3n) is 6.10. The molecule has 0 saturated carbocycles. The quantitative estimate of drug-likeness (QED) is 0.0856. The van der Waals surface area contributed by atoms with Crippen molar-refractivity contribution >= 4 is 38.0 Å². The predicted molar refractivity (Wildman–Crippen MR) is 142 cm³/mol. The number of nitrogens with zero attached hydrogens (tertiary/aromatic N) is 2. The Labute approximate surface area is 233 Å². The van der Waals surface area contributed by atoms with Crippen LogP contribution < -0.4 is 26.9 Å². The van der Waals surface area contributed by atoms with E-state index in [0.717, 1.165) is 43.5 Å². The molecule has 0 aromatic rings. The van der Waals surface area contributed by atoms with Gasteiger partial charge in [-0.3, -0.25) is 33.4 Å². The van der Waals surface area contributed by atoms with Crippen LogP contribution in [0.1, 0.15) is 32.1 Å². The van der Waals surface area contributed by atoms with E-state index in [2.05, 4.69) is 26.9 Å². The van der Waals surface area contributed by atoms with Gasteiger partial charge in [0.05, 0.1) is 36.0 Å². The van der Waals surface area contributed by atoms with Crippen molar-refractivity contribution in [2.45, 2.75) is 38.2 Å². The highest BCUT2D eigenvalue weighted by Crippen LogP contribution is 2.28. The molecule has 0 spiro atoms. The van der Waals surface area contributed by atoms with Crippen LogP contribution in [0.15, 0.2) is 11.4 Å². The van der Waals surface area contributed by atoms with Gasteiger partial charge in [-0.15, -0.1) is 5.53 Å². The summed E-state index contributed by atoms with van der Waals surface area (Å²) in [7, 11) is -7.00. The maximum Gasteiger partial charge on any atom is 0.266 e. The van der Waals surface area contributed by atoms with Gasteiger partial charge in [-0.25, -0.2) is 0 Å². The van der Waals surface area contributed by atoms with Crippen LogP contribution in [0.4, 0.5) is 0 Å². The van der Waals surface area contributed by atoms with E-state index < -0.39 is 43.6 Å². The molecule has 0 aromatic heterocycles. The van der Waals surface area contributed by atoms with Gasteiger partial charge >= 0.3 is 0 Å². The topological polar surface area (TPSA) is 236 Å². The predicted octanol–water partition coefficient (Wildman–Crippen LogP) is -3.07. The fraction of sp³-hybridized carbons (Fsp3) is 0.762. The van der Waals surface area contributed by atoms with Gasteiger partial charge in [-0.2, -0.15) is 16.8 Å². The third-order valence-corrected chi connectivity index (χ3v) is 7.54. The molecule has 0 radical (unpaired) electrons. The Morgan fingerprint density at radius 2 is 1.57 bits per heavy atom. The number of ether oxygens (including phenoxy) is 1. The molecule has 2 rings (SSSR count). The van der Waals surface area contributed by atoms with E-state index in [-0.39, 0.29) is 51.3 Å². The molecule has 1 aliphatic carbocycles. The summed E-state index contributed by atoms with van der Waals surface area (Å²) in [5.41, 5.74) is 7.91. The number of rotatable bonds is 16. The van der Waals surface area contributed by atoms with Crippen molar-refractivity contribution in [3.63, 3.8) is 0 Å². The Hall–Kier alpha value is -2.55. The Bertz CT molecular complexity index is 1080. The molecule has 40 heavy (non-hydrogen) atoms. The van der Waals surface area contributed by atoms with Crippen LogP contribution in [0.2, 0.25) is 0 Å². The average molecular weight is 614 g/mol. The first kappa shape index (κ1) is 33.7. The van der Waals surface area contributed by atoms with Gasteiger partial charge in [0.1, 0.15) is 12.7 Å². The lowest BCUT2D eigenvalue weighted by Crippen LogP contribution is -2.48. The molecule has 1 aliphatic heterocycles. The van der Waals surface area contributed by atoms with E-state index >= 15 is 0 Å². The standard InChI is InChI=1S/C21H39N7O10S2/c1-22-20(31)15-38-17-6-4-2-3-5-16-21(17)25-26-28(16)10-9-27(13-18(29)23-7-11-39(32,33)34)14-19(30)24-8-12-40(35,36)37/h17,25-26H,2-15H2,1H3,(H,22,31)(H,23,29)(H,24,30)(H,32,33,34)(H,35,36,37). The first-order valence-corrected chi connectivity index (χ1v) is 16.0. The summed E-state index contributed by atoms with van der Waals surface area (Å²) in [6.45, 7) is -0.816. The molecule has 1 atom stereocenters. The number of amides is 3. The molecule has 1 heterocycles. The van der Waals surface area contributed by atoms with Crippen LogP contribution in [-0.4, -0.2) is 124 Å². The van der Waals surface area contributed by atoms with Crippen LogP contribution in [-0.2, 0) is 39.4 Å². The number of hydrogen-bond acceptors (Lipinski definition) is 12. The fourth-order valence-electron chi connectivity index (χ4n) is 4.11. The second kappa shape index (κ2) is 16.0. The minimum atomic E-state index is -4.26. The van der Waals surface area contributed by atoms with E-state index in [9.17, 15) is 31.2 Å². The van der Waals surface area contributed by atoms with Crippen molar-refractivity contribution in [1.82, 2.24) is 36.8 Å². The Morgan fingerprint density at radius 1 is 0.975 bits per heavy atom.